The van der Waals surface area contributed by atoms with E-state index in [0.29, 0.717) is 10.9 Å². The molecule has 19 heavy (non-hydrogen) atoms. The molecule has 0 atom stereocenters. The van der Waals surface area contributed by atoms with Crippen molar-refractivity contribution in [3.8, 4) is 0 Å². The van der Waals surface area contributed by atoms with Crippen LogP contribution in [0, 0.1) is 0 Å². The number of benzene rings is 1. The topological polar surface area (TPSA) is 91.4 Å². The lowest BCUT2D eigenvalue weighted by Gasteiger charge is -2.02. The number of rotatable bonds is 4. The van der Waals surface area contributed by atoms with E-state index in [0.717, 1.165) is 0 Å². The van der Waals surface area contributed by atoms with Gasteiger partial charge in [0.1, 0.15) is 6.54 Å². The van der Waals surface area contributed by atoms with Crippen molar-refractivity contribution in [3.05, 3.63) is 36.0 Å². The monoisotopic (exact) mass is 260 g/mol. The maximum atomic E-state index is 11.7. The predicted molar refractivity (Wildman–Crippen MR) is 67.5 cm³/mol. The molecule has 0 aliphatic heterocycles. The minimum atomic E-state index is -1.03. The van der Waals surface area contributed by atoms with E-state index in [2.05, 4.69) is 4.74 Å². The first-order valence-corrected chi connectivity index (χ1v) is 5.53. The van der Waals surface area contributed by atoms with E-state index in [1.54, 1.807) is 28.8 Å². The summed E-state index contributed by atoms with van der Waals surface area (Å²) in [7, 11) is 1.28. The number of nitrogens with two attached hydrogens (primary N) is 1. The molecule has 0 bridgehead atoms. The van der Waals surface area contributed by atoms with Crippen molar-refractivity contribution >= 4 is 28.6 Å². The van der Waals surface area contributed by atoms with Crippen LogP contribution >= 0.6 is 0 Å². The minimum Gasteiger partial charge on any atom is -0.468 e. The van der Waals surface area contributed by atoms with Gasteiger partial charge < -0.3 is 15.0 Å². The predicted octanol–water partition coefficient (Wildman–Crippen LogP) is 0.482. The van der Waals surface area contributed by atoms with Crippen molar-refractivity contribution < 1.29 is 19.1 Å². The normalized spacial score (nSPS) is 10.4. The average Bonchev–Trinajstić information content (AvgIpc) is 2.76. The molecule has 0 unspecified atom stereocenters. The molecular formula is C13H12N2O4. The van der Waals surface area contributed by atoms with Gasteiger partial charge in [0.05, 0.1) is 12.7 Å². The van der Waals surface area contributed by atoms with Crippen LogP contribution in [0.3, 0.4) is 0 Å². The lowest BCUT2D eigenvalue weighted by atomic mass is 10.1. The van der Waals surface area contributed by atoms with Crippen LogP contribution in [0.1, 0.15) is 10.4 Å². The third-order valence-electron chi connectivity index (χ3n) is 2.78. The Balaban J connectivity index is 2.57. The molecular weight excluding hydrogens is 248 g/mol. The molecule has 2 rings (SSSR count). The summed E-state index contributed by atoms with van der Waals surface area (Å²) < 4.78 is 6.14. The molecule has 0 saturated carbocycles. The second-order valence-electron chi connectivity index (χ2n) is 3.96. The standard InChI is InChI=1S/C13H12N2O4/c1-19-11(16)7-15-6-9(12(17)13(14)18)8-4-2-3-5-10(8)15/h2-6H,7H2,1H3,(H2,14,18). The quantitative estimate of drug-likeness (QED) is 0.491. The molecule has 0 radical (unpaired) electrons. The van der Waals surface area contributed by atoms with Crippen molar-refractivity contribution in [1.29, 1.82) is 0 Å². The first-order valence-electron chi connectivity index (χ1n) is 5.53. The lowest BCUT2D eigenvalue weighted by molar-refractivity contribution is -0.141. The fraction of sp³-hybridized carbons (Fsp3) is 0.154. The summed E-state index contributed by atoms with van der Waals surface area (Å²) in [6.07, 6.45) is 1.44. The second-order valence-corrected chi connectivity index (χ2v) is 3.96. The molecule has 1 aromatic heterocycles. The highest BCUT2D eigenvalue weighted by atomic mass is 16.5. The number of amides is 1. The molecule has 1 amide bonds. The average molecular weight is 260 g/mol. The fourth-order valence-corrected chi connectivity index (χ4v) is 1.89. The van der Waals surface area contributed by atoms with Crippen molar-refractivity contribution in [2.45, 2.75) is 6.54 Å². The Morgan fingerprint density at radius 2 is 1.95 bits per heavy atom. The smallest absolute Gasteiger partial charge is 0.325 e. The highest BCUT2D eigenvalue weighted by Crippen LogP contribution is 2.21. The van der Waals surface area contributed by atoms with Crippen LogP contribution in [0.15, 0.2) is 30.5 Å². The molecule has 2 N–H and O–H groups in total. The van der Waals surface area contributed by atoms with Gasteiger partial charge in [0.15, 0.2) is 0 Å². The third kappa shape index (κ3) is 2.33. The van der Waals surface area contributed by atoms with E-state index in [1.807, 2.05) is 0 Å². The van der Waals surface area contributed by atoms with Gasteiger partial charge >= 0.3 is 5.97 Å². The van der Waals surface area contributed by atoms with Gasteiger partial charge in [0.2, 0.25) is 0 Å². The van der Waals surface area contributed by atoms with E-state index < -0.39 is 17.7 Å². The van der Waals surface area contributed by atoms with Crippen LogP contribution in [-0.4, -0.2) is 29.3 Å². The molecule has 1 heterocycles. The van der Waals surface area contributed by atoms with Crippen LogP contribution in [0.5, 0.6) is 0 Å². The van der Waals surface area contributed by atoms with Gasteiger partial charge in [-0.1, -0.05) is 18.2 Å². The summed E-state index contributed by atoms with van der Waals surface area (Å²) >= 11 is 0. The van der Waals surface area contributed by atoms with Crippen molar-refractivity contribution in [3.63, 3.8) is 0 Å². The van der Waals surface area contributed by atoms with Gasteiger partial charge in [0, 0.05) is 17.1 Å². The number of esters is 1. The molecule has 0 fully saturated rings. The highest BCUT2D eigenvalue weighted by molar-refractivity contribution is 6.44. The number of ketones is 1. The number of aromatic nitrogens is 1. The fourth-order valence-electron chi connectivity index (χ4n) is 1.89. The summed E-state index contributed by atoms with van der Waals surface area (Å²) in [5.41, 5.74) is 5.86. The first kappa shape index (κ1) is 12.8. The molecule has 98 valence electrons. The summed E-state index contributed by atoms with van der Waals surface area (Å²) in [6.45, 7) is -0.0386. The maximum Gasteiger partial charge on any atom is 0.325 e. The minimum absolute atomic E-state index is 0.0386. The number of hydrogen-bond acceptors (Lipinski definition) is 4. The summed E-state index contributed by atoms with van der Waals surface area (Å²) in [6, 6.07) is 6.95. The molecule has 0 aliphatic carbocycles. The number of ether oxygens (including phenoxy) is 1. The number of carbonyl (C=O) groups excluding carboxylic acids is 3. The third-order valence-corrected chi connectivity index (χ3v) is 2.78. The van der Waals surface area contributed by atoms with Crippen molar-refractivity contribution in [1.82, 2.24) is 4.57 Å². The Labute approximate surface area is 108 Å². The summed E-state index contributed by atoms with van der Waals surface area (Å²) in [4.78, 5) is 34.0. The Morgan fingerprint density at radius 1 is 1.26 bits per heavy atom. The Kier molecular flexibility index (Phi) is 3.33. The first-order chi connectivity index (χ1) is 9.04. The molecule has 6 nitrogen and oxygen atoms in total. The Hall–Kier alpha value is -2.63. The summed E-state index contributed by atoms with van der Waals surface area (Å²) in [5.74, 6) is -2.25. The number of fused-ring (bicyclic) bond motifs is 1. The molecule has 0 saturated heterocycles. The molecule has 2 aromatic rings. The van der Waals surface area contributed by atoms with Gasteiger partial charge in [0.25, 0.3) is 11.7 Å². The lowest BCUT2D eigenvalue weighted by Crippen LogP contribution is -2.22. The van der Waals surface area contributed by atoms with Gasteiger partial charge in [-0.2, -0.15) is 0 Å². The number of nitrogens with zero attached hydrogens (tertiary/aromatic N) is 1. The molecule has 1 aromatic carbocycles. The van der Waals surface area contributed by atoms with Crippen LogP contribution in [0.25, 0.3) is 10.9 Å². The van der Waals surface area contributed by atoms with E-state index in [-0.39, 0.29) is 12.1 Å². The van der Waals surface area contributed by atoms with Crippen LogP contribution in [-0.2, 0) is 20.9 Å². The zero-order valence-corrected chi connectivity index (χ0v) is 10.3. The van der Waals surface area contributed by atoms with Crippen molar-refractivity contribution in [2.24, 2.45) is 5.73 Å². The number of Topliss-reactive ketones (excluding diaryl/α,β-unsaturated/α-hetero) is 1. The zero-order valence-electron chi connectivity index (χ0n) is 10.3. The van der Waals surface area contributed by atoms with Gasteiger partial charge in [-0.15, -0.1) is 0 Å². The van der Waals surface area contributed by atoms with Gasteiger partial charge in [-0.25, -0.2) is 0 Å². The molecule has 0 aliphatic rings. The highest BCUT2D eigenvalue weighted by Gasteiger charge is 2.19. The van der Waals surface area contributed by atoms with E-state index in [9.17, 15) is 14.4 Å². The van der Waals surface area contributed by atoms with Gasteiger partial charge in [-0.3, -0.25) is 14.4 Å². The van der Waals surface area contributed by atoms with Gasteiger partial charge in [-0.05, 0) is 6.07 Å². The number of primary amides is 1. The Bertz CT molecular complexity index is 672. The van der Waals surface area contributed by atoms with Crippen molar-refractivity contribution in [2.75, 3.05) is 7.11 Å². The van der Waals surface area contributed by atoms with E-state index in [4.69, 9.17) is 5.73 Å². The second kappa shape index (κ2) is 4.93. The van der Waals surface area contributed by atoms with E-state index in [1.165, 1.54) is 13.3 Å². The van der Waals surface area contributed by atoms with Crippen LogP contribution in [0.4, 0.5) is 0 Å². The number of methoxy groups -OCH3 is 1. The number of carbonyl (C=O) groups is 3. The summed E-state index contributed by atoms with van der Waals surface area (Å²) in [5, 5.41) is 0.579. The molecule has 0 spiro atoms. The SMILES string of the molecule is COC(=O)Cn1cc(C(=O)C(N)=O)c2ccccc21. The number of hydrogen-bond donors (Lipinski definition) is 1. The number of para-hydroxylation sites is 1. The van der Waals surface area contributed by atoms with Crippen LogP contribution in [0.2, 0.25) is 0 Å². The van der Waals surface area contributed by atoms with Crippen LogP contribution < -0.4 is 5.73 Å². The largest absolute Gasteiger partial charge is 0.468 e. The molecule has 6 heteroatoms. The Morgan fingerprint density at radius 3 is 2.58 bits per heavy atom. The van der Waals surface area contributed by atoms with E-state index >= 15 is 0 Å². The zero-order chi connectivity index (χ0) is 14.0. The maximum absolute atomic E-state index is 11.7.